The van der Waals surface area contributed by atoms with Gasteiger partial charge in [-0.25, -0.2) is 0 Å². The molecule has 8 atom stereocenters. The molecule has 1 heterocycles. The minimum atomic E-state index is -0.972. The Labute approximate surface area is 329 Å². The van der Waals surface area contributed by atoms with Gasteiger partial charge in [0.2, 0.25) is 35.4 Å². The summed E-state index contributed by atoms with van der Waals surface area (Å²) in [5.41, 5.74) is 0.900. The van der Waals surface area contributed by atoms with Gasteiger partial charge in [0.1, 0.15) is 18.1 Å². The molecule has 8 unspecified atom stereocenters. The number of hydrogen-bond donors (Lipinski definition) is 7. The Hall–Kier alpha value is -4.04. The Morgan fingerprint density at radius 1 is 0.727 bits per heavy atom. The Morgan fingerprint density at radius 2 is 1.35 bits per heavy atom. The van der Waals surface area contributed by atoms with Crippen LogP contribution in [0.4, 0.5) is 0 Å². The van der Waals surface area contributed by atoms with E-state index in [1.165, 1.54) is 4.90 Å². The van der Waals surface area contributed by atoms with Gasteiger partial charge in [-0.15, -0.1) is 0 Å². The van der Waals surface area contributed by atoms with E-state index in [0.717, 1.165) is 5.56 Å². The minimum absolute atomic E-state index is 0.0382. The minimum Gasteiger partial charge on any atom is -0.352 e. The summed E-state index contributed by atoms with van der Waals surface area (Å²) in [5, 5.41) is 21.2. The van der Waals surface area contributed by atoms with Crippen LogP contribution in [0.5, 0.6) is 0 Å². The molecule has 0 aromatic heterocycles. The number of hydrogen-bond acceptors (Lipinski definition) is 8. The topological polar surface area (TPSA) is 190 Å². The quantitative estimate of drug-likeness (QED) is 0.0993. The Bertz CT molecular complexity index is 1420. The van der Waals surface area contributed by atoms with Crippen LogP contribution in [-0.2, 0) is 28.8 Å². The predicted octanol–water partition coefficient (Wildman–Crippen LogP) is 2.39. The molecule has 1 aromatic carbocycles. The van der Waals surface area contributed by atoms with E-state index in [0.29, 0.717) is 6.54 Å². The van der Waals surface area contributed by atoms with Crippen molar-refractivity contribution in [1.82, 2.24) is 42.1 Å². The van der Waals surface area contributed by atoms with Gasteiger partial charge in [-0.05, 0) is 64.0 Å². The molecule has 1 fully saturated rings. The van der Waals surface area contributed by atoms with Gasteiger partial charge < -0.3 is 42.1 Å². The molecule has 1 saturated heterocycles. The number of benzene rings is 1. The fourth-order valence-corrected chi connectivity index (χ4v) is 6.21. The second kappa shape index (κ2) is 22.5. The lowest BCUT2D eigenvalue weighted by Crippen LogP contribution is -2.56. The van der Waals surface area contributed by atoms with Crippen molar-refractivity contribution in [1.29, 1.82) is 0 Å². The number of amides is 6. The molecule has 310 valence electrons. The van der Waals surface area contributed by atoms with E-state index in [9.17, 15) is 28.8 Å². The van der Waals surface area contributed by atoms with Gasteiger partial charge in [-0.2, -0.15) is 0 Å². The number of nitrogens with one attached hydrogen (secondary N) is 7. The van der Waals surface area contributed by atoms with Gasteiger partial charge in [0.15, 0.2) is 0 Å². The average Bonchev–Trinajstić information content (AvgIpc) is 3.55. The van der Waals surface area contributed by atoms with Crippen LogP contribution in [0, 0.1) is 23.7 Å². The molecular formula is C41H70N8O6. The maximum absolute atomic E-state index is 14.1. The van der Waals surface area contributed by atoms with Crippen molar-refractivity contribution >= 4 is 35.4 Å². The molecule has 0 aliphatic carbocycles. The summed E-state index contributed by atoms with van der Waals surface area (Å²) in [7, 11) is 1.84. The smallest absolute Gasteiger partial charge is 0.246 e. The number of carbonyl (C=O) groups is 6. The molecule has 1 aliphatic heterocycles. The van der Waals surface area contributed by atoms with Crippen molar-refractivity contribution < 1.29 is 28.8 Å². The number of likely N-dealkylation sites (tertiary alicyclic amines) is 1. The van der Waals surface area contributed by atoms with Crippen LogP contribution in [0.1, 0.15) is 107 Å². The lowest BCUT2D eigenvalue weighted by atomic mass is 10.0. The van der Waals surface area contributed by atoms with Gasteiger partial charge >= 0.3 is 0 Å². The van der Waals surface area contributed by atoms with Crippen molar-refractivity contribution in [2.45, 2.75) is 144 Å². The zero-order valence-corrected chi connectivity index (χ0v) is 35.2. The third-order valence-corrected chi connectivity index (χ3v) is 10.4. The third kappa shape index (κ3) is 14.9. The van der Waals surface area contributed by atoms with E-state index < -0.39 is 36.1 Å². The highest BCUT2D eigenvalue weighted by atomic mass is 16.2. The fraction of sp³-hybridized carbons (Fsp3) is 0.707. The first-order chi connectivity index (χ1) is 25.8. The number of nitrogens with zero attached hydrogens (tertiary/aromatic N) is 1. The molecular weight excluding hydrogens is 701 g/mol. The van der Waals surface area contributed by atoms with Gasteiger partial charge in [0.05, 0.1) is 12.1 Å². The molecule has 14 nitrogen and oxygen atoms in total. The van der Waals surface area contributed by atoms with Crippen LogP contribution in [-0.4, -0.2) is 103 Å². The van der Waals surface area contributed by atoms with E-state index in [4.69, 9.17) is 0 Å². The summed E-state index contributed by atoms with van der Waals surface area (Å²) in [4.78, 5) is 82.7. The van der Waals surface area contributed by atoms with Crippen molar-refractivity contribution in [3.05, 3.63) is 35.9 Å². The van der Waals surface area contributed by atoms with E-state index >= 15 is 0 Å². The third-order valence-electron chi connectivity index (χ3n) is 10.4. The van der Waals surface area contributed by atoms with E-state index in [2.05, 4.69) is 37.2 Å². The molecule has 0 bridgehead atoms. The molecule has 1 aromatic rings. The van der Waals surface area contributed by atoms with Gasteiger partial charge in [-0.3, -0.25) is 28.8 Å². The first-order valence-electron chi connectivity index (χ1n) is 20.0. The highest BCUT2D eigenvalue weighted by molar-refractivity contribution is 5.94. The first-order valence-corrected chi connectivity index (χ1v) is 20.0. The summed E-state index contributed by atoms with van der Waals surface area (Å²) < 4.78 is 0. The summed E-state index contributed by atoms with van der Waals surface area (Å²) in [6, 6.07) is 5.23. The molecule has 2 rings (SSSR count). The molecule has 0 radical (unpaired) electrons. The summed E-state index contributed by atoms with van der Waals surface area (Å²) in [5.74, 6) is -2.63. The van der Waals surface area contributed by atoms with Gasteiger partial charge in [0.25, 0.3) is 0 Å². The molecule has 7 N–H and O–H groups in total. The number of carbonyl (C=O) groups excluding carboxylic acids is 6. The zero-order valence-electron chi connectivity index (χ0n) is 35.2. The summed E-state index contributed by atoms with van der Waals surface area (Å²) in [6.45, 7) is 21.3. The van der Waals surface area contributed by atoms with Crippen LogP contribution in [0.2, 0.25) is 0 Å². The van der Waals surface area contributed by atoms with Crippen molar-refractivity contribution in [2.24, 2.45) is 23.7 Å². The highest BCUT2D eigenvalue weighted by Gasteiger charge is 2.43. The normalized spacial score (nSPS) is 19.0. The first kappa shape index (κ1) is 47.1. The second-order valence-electron chi connectivity index (χ2n) is 16.5. The van der Waals surface area contributed by atoms with Crippen molar-refractivity contribution in [3.63, 3.8) is 0 Å². The van der Waals surface area contributed by atoms with Gasteiger partial charge in [-0.1, -0.05) is 85.7 Å². The molecule has 1 aliphatic rings. The SMILES string of the molecule is CNC(C)CNC(C(=O)NC(CCC(=O)NC1CC(C(=O)NC(C)c2ccccc2)N(C(=O)C(NC(=O)C(C)C)C(C)C)C1)C(=O)NC(C)C(C)C)C(C)C. The Kier molecular flexibility index (Phi) is 19.3. The summed E-state index contributed by atoms with van der Waals surface area (Å²) in [6.07, 6.45) is 0.111. The zero-order chi connectivity index (χ0) is 41.6. The maximum Gasteiger partial charge on any atom is 0.246 e. The lowest BCUT2D eigenvalue weighted by molar-refractivity contribution is -0.143. The maximum atomic E-state index is 14.1. The van der Waals surface area contributed by atoms with Crippen molar-refractivity contribution in [3.8, 4) is 0 Å². The van der Waals surface area contributed by atoms with Gasteiger partial charge in [0, 0.05) is 43.6 Å². The molecule has 0 saturated carbocycles. The van der Waals surface area contributed by atoms with E-state index in [1.54, 1.807) is 13.8 Å². The monoisotopic (exact) mass is 771 g/mol. The molecule has 55 heavy (non-hydrogen) atoms. The fourth-order valence-electron chi connectivity index (χ4n) is 6.21. The van der Waals surface area contributed by atoms with E-state index in [-0.39, 0.29) is 97.1 Å². The Balaban J connectivity index is 2.28. The summed E-state index contributed by atoms with van der Waals surface area (Å²) >= 11 is 0. The average molecular weight is 771 g/mol. The van der Waals surface area contributed by atoms with Crippen molar-refractivity contribution in [2.75, 3.05) is 20.1 Å². The van der Waals surface area contributed by atoms with Crippen LogP contribution < -0.4 is 37.2 Å². The molecule has 14 heteroatoms. The molecule has 6 amide bonds. The Morgan fingerprint density at radius 3 is 1.89 bits per heavy atom. The number of likely N-dealkylation sites (N-methyl/N-ethyl adjacent to an activating group) is 1. The highest BCUT2D eigenvalue weighted by Crippen LogP contribution is 2.23. The molecule has 0 spiro atoms. The largest absolute Gasteiger partial charge is 0.352 e. The van der Waals surface area contributed by atoms with Crippen LogP contribution in [0.25, 0.3) is 0 Å². The second-order valence-corrected chi connectivity index (χ2v) is 16.5. The lowest BCUT2D eigenvalue weighted by Gasteiger charge is -2.31. The van der Waals surface area contributed by atoms with E-state index in [1.807, 2.05) is 99.7 Å². The standard InChI is InChI=1S/C41H70N8O6/c1-23(2)28(10)44-38(52)32(47-40(54)35(24(3)4)43-21-27(9)42-12)18-19-34(50)46-31-20-33(39(53)45-29(11)30-16-14-13-15-17-30)49(22-31)41(55)36(25(5)6)48-37(51)26(7)8/h13-17,23-29,31-33,35-36,42-43H,18-22H2,1-12H3,(H,44,52)(H,45,53)(H,46,50)(H,47,54)(H,48,51). The van der Waals surface area contributed by atoms with Crippen LogP contribution in [0.3, 0.4) is 0 Å². The predicted molar refractivity (Wildman–Crippen MR) is 215 cm³/mol. The number of rotatable bonds is 21. The van der Waals surface area contributed by atoms with Crippen LogP contribution in [0.15, 0.2) is 30.3 Å². The van der Waals surface area contributed by atoms with Crippen LogP contribution >= 0.6 is 0 Å².